The summed E-state index contributed by atoms with van der Waals surface area (Å²) < 4.78 is 10.6. The molecular weight excluding hydrogens is 394 g/mol. The standard InChI is InChI=1S/C25H23NO5/c1-17(27)30-22-15-13-19(14-16-22)18-9-11-21(12-10-18)25(29)31-23(24(28)26(2)3)20-7-5-4-6-8-20/h4-16,23H,1-3H3/t23-/m0/s1. The fourth-order valence-corrected chi connectivity index (χ4v) is 2.98. The minimum Gasteiger partial charge on any atom is -0.444 e. The van der Waals surface area contributed by atoms with Gasteiger partial charge in [-0.25, -0.2) is 4.79 Å². The van der Waals surface area contributed by atoms with E-state index >= 15 is 0 Å². The average Bonchev–Trinajstić information content (AvgIpc) is 2.77. The molecule has 0 aliphatic heterocycles. The Morgan fingerprint density at radius 2 is 1.32 bits per heavy atom. The topological polar surface area (TPSA) is 72.9 Å². The van der Waals surface area contributed by atoms with Crippen molar-refractivity contribution < 1.29 is 23.9 Å². The van der Waals surface area contributed by atoms with Gasteiger partial charge in [-0.1, -0.05) is 54.6 Å². The van der Waals surface area contributed by atoms with Crippen LogP contribution in [0.4, 0.5) is 0 Å². The molecule has 0 spiro atoms. The Kier molecular flexibility index (Phi) is 6.82. The highest BCUT2D eigenvalue weighted by atomic mass is 16.5. The maximum absolute atomic E-state index is 12.7. The molecule has 0 saturated carbocycles. The second-order valence-electron chi connectivity index (χ2n) is 7.12. The van der Waals surface area contributed by atoms with Crippen LogP contribution in [0, 0.1) is 0 Å². The number of benzene rings is 3. The summed E-state index contributed by atoms with van der Waals surface area (Å²) in [6.45, 7) is 1.35. The smallest absolute Gasteiger partial charge is 0.339 e. The van der Waals surface area contributed by atoms with Crippen molar-refractivity contribution in [3.63, 3.8) is 0 Å². The van der Waals surface area contributed by atoms with Gasteiger partial charge in [-0.15, -0.1) is 0 Å². The van der Waals surface area contributed by atoms with Crippen LogP contribution in [-0.4, -0.2) is 36.8 Å². The van der Waals surface area contributed by atoms with Gasteiger partial charge in [0.15, 0.2) is 0 Å². The van der Waals surface area contributed by atoms with Crippen LogP contribution in [0.15, 0.2) is 78.9 Å². The van der Waals surface area contributed by atoms with Gasteiger partial charge in [-0.3, -0.25) is 9.59 Å². The number of ether oxygens (including phenoxy) is 2. The number of likely N-dealkylation sites (N-methyl/N-ethyl adjacent to an activating group) is 1. The van der Waals surface area contributed by atoms with Crippen molar-refractivity contribution in [3.8, 4) is 16.9 Å². The van der Waals surface area contributed by atoms with E-state index in [1.165, 1.54) is 11.8 Å². The zero-order chi connectivity index (χ0) is 22.4. The molecule has 0 radical (unpaired) electrons. The fourth-order valence-electron chi connectivity index (χ4n) is 2.98. The van der Waals surface area contributed by atoms with Gasteiger partial charge in [-0.05, 0) is 35.4 Å². The Balaban J connectivity index is 1.76. The Morgan fingerprint density at radius 1 is 0.774 bits per heavy atom. The molecule has 31 heavy (non-hydrogen) atoms. The number of carbonyl (C=O) groups excluding carboxylic acids is 3. The van der Waals surface area contributed by atoms with Gasteiger partial charge in [0.2, 0.25) is 6.10 Å². The number of rotatable bonds is 6. The Labute approximate surface area is 181 Å². The zero-order valence-electron chi connectivity index (χ0n) is 17.6. The third-order valence-corrected chi connectivity index (χ3v) is 4.56. The van der Waals surface area contributed by atoms with Gasteiger partial charge in [0.05, 0.1) is 5.56 Å². The van der Waals surface area contributed by atoms with Crippen molar-refractivity contribution >= 4 is 17.8 Å². The van der Waals surface area contributed by atoms with E-state index in [1.807, 2.05) is 18.2 Å². The summed E-state index contributed by atoms with van der Waals surface area (Å²) in [4.78, 5) is 37.7. The van der Waals surface area contributed by atoms with Crippen LogP contribution in [0.3, 0.4) is 0 Å². The third-order valence-electron chi connectivity index (χ3n) is 4.56. The van der Waals surface area contributed by atoms with E-state index < -0.39 is 12.1 Å². The van der Waals surface area contributed by atoms with Gasteiger partial charge in [0.25, 0.3) is 5.91 Å². The summed E-state index contributed by atoms with van der Waals surface area (Å²) in [5.41, 5.74) is 2.74. The number of esters is 2. The van der Waals surface area contributed by atoms with E-state index in [9.17, 15) is 14.4 Å². The summed E-state index contributed by atoms with van der Waals surface area (Å²) in [7, 11) is 3.24. The van der Waals surface area contributed by atoms with Gasteiger partial charge in [0, 0.05) is 26.6 Å². The van der Waals surface area contributed by atoms with Crippen molar-refractivity contribution in [1.29, 1.82) is 0 Å². The van der Waals surface area contributed by atoms with Crippen LogP contribution >= 0.6 is 0 Å². The molecule has 3 aromatic carbocycles. The van der Waals surface area contributed by atoms with Crippen molar-refractivity contribution in [2.45, 2.75) is 13.0 Å². The van der Waals surface area contributed by atoms with Crippen LogP contribution in [0.5, 0.6) is 5.75 Å². The molecular formula is C25H23NO5. The summed E-state index contributed by atoms with van der Waals surface area (Å²) >= 11 is 0. The second kappa shape index (κ2) is 9.71. The first-order valence-electron chi connectivity index (χ1n) is 9.71. The molecule has 0 saturated heterocycles. The molecule has 0 heterocycles. The Bertz CT molecular complexity index is 1060. The maximum Gasteiger partial charge on any atom is 0.339 e. The van der Waals surface area contributed by atoms with E-state index in [2.05, 4.69) is 0 Å². The molecule has 3 aromatic rings. The first kappa shape index (κ1) is 21.8. The normalized spacial score (nSPS) is 11.3. The predicted molar refractivity (Wildman–Crippen MR) is 116 cm³/mol. The summed E-state index contributed by atoms with van der Waals surface area (Å²) in [6, 6.07) is 22.9. The fraction of sp³-hybridized carbons (Fsp3) is 0.160. The molecule has 0 aliphatic rings. The van der Waals surface area contributed by atoms with Gasteiger partial charge < -0.3 is 14.4 Å². The molecule has 6 heteroatoms. The van der Waals surface area contributed by atoms with Crippen molar-refractivity contribution in [2.24, 2.45) is 0 Å². The molecule has 0 bridgehead atoms. The molecule has 6 nitrogen and oxygen atoms in total. The first-order chi connectivity index (χ1) is 14.8. The van der Waals surface area contributed by atoms with E-state index in [-0.39, 0.29) is 11.9 Å². The van der Waals surface area contributed by atoms with Crippen LogP contribution < -0.4 is 4.74 Å². The molecule has 0 aromatic heterocycles. The van der Waals surface area contributed by atoms with Crippen molar-refractivity contribution in [2.75, 3.05) is 14.1 Å². The minimum atomic E-state index is -1.02. The van der Waals surface area contributed by atoms with Crippen LogP contribution in [0.25, 0.3) is 11.1 Å². The number of hydrogen-bond donors (Lipinski definition) is 0. The lowest BCUT2D eigenvalue weighted by molar-refractivity contribution is -0.138. The SMILES string of the molecule is CC(=O)Oc1ccc(-c2ccc(C(=O)O[C@H](C(=O)N(C)C)c3ccccc3)cc2)cc1. The average molecular weight is 417 g/mol. The number of nitrogens with zero attached hydrogens (tertiary/aromatic N) is 1. The van der Waals surface area contributed by atoms with E-state index in [0.29, 0.717) is 16.9 Å². The highest BCUT2D eigenvalue weighted by Crippen LogP contribution is 2.25. The maximum atomic E-state index is 12.7. The van der Waals surface area contributed by atoms with E-state index in [1.54, 1.807) is 74.8 Å². The lowest BCUT2D eigenvalue weighted by Gasteiger charge is -2.21. The quantitative estimate of drug-likeness (QED) is 0.443. The lowest BCUT2D eigenvalue weighted by atomic mass is 10.0. The minimum absolute atomic E-state index is 0.316. The largest absolute Gasteiger partial charge is 0.444 e. The molecule has 0 fully saturated rings. The molecule has 1 atom stereocenters. The van der Waals surface area contributed by atoms with Gasteiger partial charge >= 0.3 is 11.9 Å². The Hall–Kier alpha value is -3.93. The zero-order valence-corrected chi connectivity index (χ0v) is 17.6. The molecule has 3 rings (SSSR count). The Morgan fingerprint density at radius 3 is 1.84 bits per heavy atom. The predicted octanol–water partition coefficient (Wildman–Crippen LogP) is 4.27. The van der Waals surface area contributed by atoms with Crippen molar-refractivity contribution in [1.82, 2.24) is 4.90 Å². The highest BCUT2D eigenvalue weighted by molar-refractivity contribution is 5.93. The van der Waals surface area contributed by atoms with Crippen LogP contribution in [-0.2, 0) is 14.3 Å². The molecule has 0 aliphatic carbocycles. The van der Waals surface area contributed by atoms with Crippen molar-refractivity contribution in [3.05, 3.63) is 90.0 Å². The third kappa shape index (κ3) is 5.57. The van der Waals surface area contributed by atoms with Gasteiger partial charge in [0.1, 0.15) is 5.75 Å². The number of hydrogen-bond acceptors (Lipinski definition) is 5. The molecule has 0 unspecified atom stereocenters. The van der Waals surface area contributed by atoms with Crippen LogP contribution in [0.2, 0.25) is 0 Å². The first-order valence-corrected chi connectivity index (χ1v) is 9.71. The molecule has 158 valence electrons. The monoisotopic (exact) mass is 417 g/mol. The second-order valence-corrected chi connectivity index (χ2v) is 7.12. The molecule has 0 N–H and O–H groups in total. The number of amides is 1. The highest BCUT2D eigenvalue weighted by Gasteiger charge is 2.27. The van der Waals surface area contributed by atoms with Gasteiger partial charge in [-0.2, -0.15) is 0 Å². The summed E-state index contributed by atoms with van der Waals surface area (Å²) in [5.74, 6) is -0.809. The van der Waals surface area contributed by atoms with E-state index in [4.69, 9.17) is 9.47 Å². The van der Waals surface area contributed by atoms with E-state index in [0.717, 1.165) is 11.1 Å². The summed E-state index contributed by atoms with van der Waals surface area (Å²) in [5, 5.41) is 0. The summed E-state index contributed by atoms with van der Waals surface area (Å²) in [6.07, 6.45) is -1.02. The van der Waals surface area contributed by atoms with Crippen LogP contribution in [0.1, 0.15) is 28.9 Å². The number of carbonyl (C=O) groups is 3. The lowest BCUT2D eigenvalue weighted by Crippen LogP contribution is -2.31. The molecule has 1 amide bonds.